The van der Waals surface area contributed by atoms with E-state index in [1.54, 1.807) is 6.07 Å². The lowest BCUT2D eigenvalue weighted by molar-refractivity contribution is 0.389. The van der Waals surface area contributed by atoms with Crippen molar-refractivity contribution in [2.24, 2.45) is 7.05 Å². The second kappa shape index (κ2) is 9.20. The molecule has 1 saturated heterocycles. The molecule has 176 valence electrons. The SMILES string of the molecule is CCCNS(=O)(=O)c1cnc(N2CCC(n3c(=O)c(=O)n(C)c4cc(Cl)cnc43)CC2)nc1. The van der Waals surface area contributed by atoms with Gasteiger partial charge >= 0.3 is 11.1 Å². The van der Waals surface area contributed by atoms with Gasteiger partial charge in [-0.2, -0.15) is 0 Å². The number of hydrogen-bond donors (Lipinski definition) is 1. The molecule has 13 heteroatoms. The third kappa shape index (κ3) is 4.50. The molecule has 11 nitrogen and oxygen atoms in total. The van der Waals surface area contributed by atoms with Crippen molar-refractivity contribution >= 4 is 38.7 Å². The Balaban J connectivity index is 1.55. The number of anilines is 1. The number of sulfonamides is 1. The van der Waals surface area contributed by atoms with E-state index in [1.165, 1.54) is 34.8 Å². The van der Waals surface area contributed by atoms with E-state index < -0.39 is 21.1 Å². The molecule has 0 atom stereocenters. The summed E-state index contributed by atoms with van der Waals surface area (Å²) in [4.78, 5) is 40.0. The molecule has 4 heterocycles. The summed E-state index contributed by atoms with van der Waals surface area (Å²) in [5, 5.41) is 0.380. The fraction of sp³-hybridized carbons (Fsp3) is 0.450. The average Bonchev–Trinajstić information content (AvgIpc) is 2.82. The summed E-state index contributed by atoms with van der Waals surface area (Å²) in [7, 11) is -2.11. The van der Waals surface area contributed by atoms with Crippen molar-refractivity contribution in [3.63, 3.8) is 0 Å². The van der Waals surface area contributed by atoms with E-state index in [4.69, 9.17) is 11.6 Å². The summed E-state index contributed by atoms with van der Waals surface area (Å²) in [5.41, 5.74) is -0.351. The molecule has 0 aromatic carbocycles. The molecule has 0 spiro atoms. The number of fused-ring (bicyclic) bond motifs is 1. The van der Waals surface area contributed by atoms with Gasteiger partial charge in [-0.3, -0.25) is 14.2 Å². The summed E-state index contributed by atoms with van der Waals surface area (Å²) in [6.07, 6.45) is 5.85. The van der Waals surface area contributed by atoms with Crippen molar-refractivity contribution in [2.45, 2.75) is 37.1 Å². The first-order valence-corrected chi connectivity index (χ1v) is 12.4. The molecule has 3 aromatic heterocycles. The Morgan fingerprint density at radius 3 is 2.39 bits per heavy atom. The van der Waals surface area contributed by atoms with Gasteiger partial charge in [-0.05, 0) is 25.3 Å². The van der Waals surface area contributed by atoms with Crippen molar-refractivity contribution in [2.75, 3.05) is 24.5 Å². The summed E-state index contributed by atoms with van der Waals surface area (Å²) in [6, 6.07) is 1.39. The fourth-order valence-electron chi connectivity index (χ4n) is 3.90. The number of nitrogens with zero attached hydrogens (tertiary/aromatic N) is 6. The smallest absolute Gasteiger partial charge is 0.318 e. The number of nitrogens with one attached hydrogen (secondary N) is 1. The van der Waals surface area contributed by atoms with Crippen LogP contribution >= 0.6 is 11.6 Å². The van der Waals surface area contributed by atoms with Crippen LogP contribution in [-0.2, 0) is 17.1 Å². The Kier molecular flexibility index (Phi) is 6.50. The minimum Gasteiger partial charge on any atom is -0.341 e. The maximum absolute atomic E-state index is 12.8. The quantitative estimate of drug-likeness (QED) is 0.504. The highest BCUT2D eigenvalue weighted by atomic mass is 35.5. The van der Waals surface area contributed by atoms with Crippen LogP contribution in [0.25, 0.3) is 11.2 Å². The Hall–Kier alpha value is -2.83. The lowest BCUT2D eigenvalue weighted by Crippen LogP contribution is -2.45. The molecule has 1 N–H and O–H groups in total. The van der Waals surface area contributed by atoms with E-state index >= 15 is 0 Å². The van der Waals surface area contributed by atoms with Crippen LogP contribution in [0.5, 0.6) is 0 Å². The number of hydrogen-bond acceptors (Lipinski definition) is 8. The zero-order chi connectivity index (χ0) is 23.8. The van der Waals surface area contributed by atoms with E-state index in [9.17, 15) is 18.0 Å². The Bertz CT molecular complexity index is 1390. The second-order valence-electron chi connectivity index (χ2n) is 7.87. The summed E-state index contributed by atoms with van der Waals surface area (Å²) >= 11 is 6.04. The summed E-state index contributed by atoms with van der Waals surface area (Å²) in [6.45, 7) is 3.28. The number of piperidine rings is 1. The summed E-state index contributed by atoms with van der Waals surface area (Å²) < 4.78 is 29.6. The van der Waals surface area contributed by atoms with E-state index in [0.717, 1.165) is 0 Å². The molecule has 1 aliphatic rings. The number of pyridine rings is 1. The first-order chi connectivity index (χ1) is 15.7. The Morgan fingerprint density at radius 2 is 1.76 bits per heavy atom. The van der Waals surface area contributed by atoms with Crippen LogP contribution in [-0.4, -0.2) is 52.1 Å². The molecule has 4 rings (SSSR count). The van der Waals surface area contributed by atoms with Gasteiger partial charge in [-0.25, -0.2) is 28.1 Å². The maximum Gasteiger partial charge on any atom is 0.318 e. The van der Waals surface area contributed by atoms with Crippen molar-refractivity contribution in [1.82, 2.24) is 28.8 Å². The van der Waals surface area contributed by atoms with Crippen LogP contribution in [0.4, 0.5) is 5.95 Å². The molecular weight excluding hydrogens is 470 g/mol. The van der Waals surface area contributed by atoms with Gasteiger partial charge in [0, 0.05) is 38.9 Å². The molecule has 3 aromatic rings. The molecule has 33 heavy (non-hydrogen) atoms. The van der Waals surface area contributed by atoms with Gasteiger partial charge in [0.25, 0.3) is 0 Å². The highest BCUT2D eigenvalue weighted by Gasteiger charge is 2.26. The largest absolute Gasteiger partial charge is 0.341 e. The lowest BCUT2D eigenvalue weighted by atomic mass is 10.0. The average molecular weight is 494 g/mol. The number of aromatic nitrogens is 5. The minimum atomic E-state index is -3.63. The molecule has 0 aliphatic carbocycles. The number of halogens is 1. The van der Waals surface area contributed by atoms with Crippen LogP contribution in [0.3, 0.4) is 0 Å². The molecular formula is C20H24ClN7O4S. The standard InChI is InChI=1S/C20H24ClN7O4S/c1-3-6-25-33(31,32)15-11-23-20(24-12-15)27-7-4-14(5-8-27)28-17-16(9-13(21)10-22-17)26(2)18(29)19(28)30/h9-12,14,25H,3-8H2,1-2H3. The van der Waals surface area contributed by atoms with Crippen LogP contribution in [0.1, 0.15) is 32.2 Å². The zero-order valence-electron chi connectivity index (χ0n) is 18.2. The Morgan fingerprint density at radius 1 is 1.09 bits per heavy atom. The number of rotatable bonds is 6. The van der Waals surface area contributed by atoms with Gasteiger partial charge in [0.2, 0.25) is 16.0 Å². The van der Waals surface area contributed by atoms with Crippen LogP contribution in [0.15, 0.2) is 39.1 Å². The van der Waals surface area contributed by atoms with Gasteiger partial charge in [-0.1, -0.05) is 18.5 Å². The predicted octanol–water partition coefficient (Wildman–Crippen LogP) is 1.07. The topological polar surface area (TPSA) is 132 Å². The van der Waals surface area contributed by atoms with Crippen LogP contribution in [0, 0.1) is 0 Å². The first-order valence-electron chi connectivity index (χ1n) is 10.6. The lowest BCUT2D eigenvalue weighted by Gasteiger charge is -2.33. The van der Waals surface area contributed by atoms with Crippen LogP contribution in [0.2, 0.25) is 5.02 Å². The van der Waals surface area contributed by atoms with Gasteiger partial charge in [0.1, 0.15) is 4.90 Å². The maximum atomic E-state index is 12.8. The highest BCUT2D eigenvalue weighted by Crippen LogP contribution is 2.26. The van der Waals surface area contributed by atoms with Crippen LogP contribution < -0.4 is 20.7 Å². The molecule has 1 aliphatic heterocycles. The first kappa shape index (κ1) is 23.3. The predicted molar refractivity (Wildman–Crippen MR) is 124 cm³/mol. The molecule has 0 amide bonds. The normalized spacial score (nSPS) is 15.3. The molecule has 0 radical (unpaired) electrons. The zero-order valence-corrected chi connectivity index (χ0v) is 19.8. The van der Waals surface area contributed by atoms with Gasteiger partial charge in [0.15, 0.2) is 5.65 Å². The molecule has 1 fully saturated rings. The van der Waals surface area contributed by atoms with Gasteiger partial charge in [0.05, 0.1) is 22.9 Å². The van der Waals surface area contributed by atoms with Crippen molar-refractivity contribution in [3.05, 3.63) is 50.4 Å². The third-order valence-electron chi connectivity index (χ3n) is 5.69. The van der Waals surface area contributed by atoms with Gasteiger partial charge < -0.3 is 9.47 Å². The Labute approximate surface area is 195 Å². The monoisotopic (exact) mass is 493 g/mol. The molecule has 0 bridgehead atoms. The summed E-state index contributed by atoms with van der Waals surface area (Å²) in [5.74, 6) is 0.411. The molecule has 0 unspecified atom stereocenters. The third-order valence-corrected chi connectivity index (χ3v) is 7.31. The van der Waals surface area contributed by atoms with Crippen molar-refractivity contribution in [1.29, 1.82) is 0 Å². The fourth-order valence-corrected chi connectivity index (χ4v) is 5.07. The minimum absolute atomic E-state index is 0.0115. The van der Waals surface area contributed by atoms with E-state index in [1.807, 2.05) is 11.8 Å². The molecule has 0 saturated carbocycles. The van der Waals surface area contributed by atoms with Gasteiger partial charge in [-0.15, -0.1) is 0 Å². The van der Waals surface area contributed by atoms with Crippen molar-refractivity contribution in [3.8, 4) is 0 Å². The highest BCUT2D eigenvalue weighted by molar-refractivity contribution is 7.89. The van der Waals surface area contributed by atoms with E-state index in [2.05, 4.69) is 19.7 Å². The number of aryl methyl sites for hydroxylation is 1. The van der Waals surface area contributed by atoms with E-state index in [-0.39, 0.29) is 10.9 Å². The second-order valence-corrected chi connectivity index (χ2v) is 10.1. The van der Waals surface area contributed by atoms with E-state index in [0.29, 0.717) is 61.0 Å². The van der Waals surface area contributed by atoms with Crippen molar-refractivity contribution < 1.29 is 8.42 Å².